The van der Waals surface area contributed by atoms with Gasteiger partial charge in [0.2, 0.25) is 11.2 Å². The van der Waals surface area contributed by atoms with Gasteiger partial charge < -0.3 is 4.74 Å². The fourth-order valence-electron chi connectivity index (χ4n) is 0.481. The number of nitrogens with zero attached hydrogens (tertiary/aromatic N) is 2. The van der Waals surface area contributed by atoms with Crippen molar-refractivity contribution < 1.29 is 14.3 Å². The van der Waals surface area contributed by atoms with Crippen LogP contribution in [0.3, 0.4) is 0 Å². The molecular weight excluding hydrogens is 164 g/mol. The van der Waals surface area contributed by atoms with Gasteiger partial charge in [0, 0.05) is 20.5 Å². The zero-order valence-electron chi connectivity index (χ0n) is 12.3. The Morgan fingerprint density at radius 2 is 2.64 bits per heavy atom. The van der Waals surface area contributed by atoms with E-state index in [1.54, 1.807) is 0 Å². The molecule has 0 atom stereocenters. The molecule has 3 nitrogen and oxygen atoms in total. The topological polar surface area (TPSA) is 35.0 Å². The van der Waals surface area contributed by atoms with Gasteiger partial charge in [-0.1, -0.05) is 0 Å². The predicted molar refractivity (Wildman–Crippen MR) is 42.8 cm³/mol. The van der Waals surface area contributed by atoms with Gasteiger partial charge in [0.1, 0.15) is 0 Å². The van der Waals surface area contributed by atoms with Crippen molar-refractivity contribution in [1.29, 1.82) is 0 Å². The number of aromatic nitrogens is 2. The zero-order chi connectivity index (χ0) is 14.2. The van der Waals surface area contributed by atoms with Gasteiger partial charge in [-0.25, -0.2) is 4.98 Å². The molecule has 0 fully saturated rings. The molecule has 0 saturated heterocycles. The lowest BCUT2D eigenvalue weighted by molar-refractivity contribution is 0.232. The molecule has 0 aliphatic carbocycles. The molecule has 0 radical (unpaired) electrons. The fourth-order valence-corrected chi connectivity index (χ4v) is 0.621. The summed E-state index contributed by atoms with van der Waals surface area (Å²) in [5, 5.41) is -0.245. The Kier molecular flexibility index (Phi) is 0.931. The van der Waals surface area contributed by atoms with Crippen LogP contribution in [0.5, 0.6) is 5.88 Å². The second-order valence-electron chi connectivity index (χ2n) is 1.60. The first kappa shape index (κ1) is 2.90. The van der Waals surface area contributed by atoms with Gasteiger partial charge in [-0.2, -0.15) is 4.98 Å². The van der Waals surface area contributed by atoms with Crippen molar-refractivity contribution in [2.24, 2.45) is 0 Å². The van der Waals surface area contributed by atoms with E-state index in [1.807, 2.05) is 0 Å². The maximum absolute atomic E-state index is 7.58. The molecule has 0 unspecified atom stereocenters. The van der Waals surface area contributed by atoms with E-state index in [-0.39, 0.29) is 5.28 Å². The molecule has 0 aromatic carbocycles. The summed E-state index contributed by atoms with van der Waals surface area (Å²) in [4.78, 5) is 7.02. The van der Waals surface area contributed by atoms with E-state index in [9.17, 15) is 0 Å². The van der Waals surface area contributed by atoms with Crippen LogP contribution in [0.4, 0.5) is 0 Å². The number of ether oxygens (including phenoxy) is 1. The van der Waals surface area contributed by atoms with Crippen LogP contribution in [-0.2, 0) is 0 Å². The van der Waals surface area contributed by atoms with E-state index >= 15 is 0 Å². The quantitative estimate of drug-likeness (QED) is 0.651. The van der Waals surface area contributed by atoms with E-state index in [0.717, 1.165) is 12.3 Å². The van der Waals surface area contributed by atoms with Crippen LogP contribution >= 0.6 is 11.6 Å². The summed E-state index contributed by atoms with van der Waals surface area (Å²) in [7, 11) is 0. The van der Waals surface area contributed by atoms with Crippen molar-refractivity contribution in [3.8, 4) is 5.88 Å². The molecule has 0 spiro atoms. The monoisotopic (exact) mass is 179 g/mol. The van der Waals surface area contributed by atoms with Gasteiger partial charge >= 0.3 is 0 Å². The van der Waals surface area contributed by atoms with Crippen LogP contribution in [0.25, 0.3) is 0 Å². The third kappa shape index (κ3) is 2.72. The van der Waals surface area contributed by atoms with Gasteiger partial charge in [0.05, 0.1) is 7.45 Å². The molecule has 1 heterocycles. The van der Waals surface area contributed by atoms with Crippen LogP contribution in [-0.4, -0.2) is 16.0 Å². The van der Waals surface area contributed by atoms with Crippen molar-refractivity contribution in [3.05, 3.63) is 17.5 Å². The molecule has 0 aliphatic rings. The van der Waals surface area contributed by atoms with Crippen LogP contribution in [0.1, 0.15) is 23.3 Å². The summed E-state index contributed by atoms with van der Waals surface area (Å²) in [5.41, 5.74) is 0. The van der Waals surface area contributed by atoms with Crippen LogP contribution in [0.15, 0.2) is 12.3 Å². The summed E-state index contributed by atoms with van der Waals surface area (Å²) >= 11 is 5.46. The molecule has 1 rings (SSSR count). The largest absolute Gasteiger partial charge is 0.475 e. The molecule has 11 heavy (non-hydrogen) atoms. The van der Waals surface area contributed by atoms with E-state index in [0.29, 0.717) is 0 Å². The zero-order valence-corrected chi connectivity index (χ0v) is 6.09. The normalized spacial score (nSPS) is 22.8. The SMILES string of the molecule is [2H]C([2H])([2H])C([2H])(Oc1ccnc(Cl)n1)C([2H])([2H])[2H]. The molecule has 0 N–H and O–H groups in total. The van der Waals surface area contributed by atoms with Crippen LogP contribution in [0.2, 0.25) is 5.28 Å². The number of halogens is 1. The summed E-state index contributed by atoms with van der Waals surface area (Å²) in [6.07, 6.45) is -1.97. The highest BCUT2D eigenvalue weighted by Crippen LogP contribution is 2.09. The third-order valence-corrected chi connectivity index (χ3v) is 0.989. The number of rotatable bonds is 2. The van der Waals surface area contributed by atoms with Crippen molar-refractivity contribution in [1.82, 2.24) is 9.97 Å². The van der Waals surface area contributed by atoms with Crippen LogP contribution in [0, 0.1) is 0 Å². The summed E-state index contributed by atoms with van der Waals surface area (Å²) in [6, 6.07) is 1.12. The highest BCUT2D eigenvalue weighted by Gasteiger charge is 1.98. The summed E-state index contributed by atoms with van der Waals surface area (Å²) in [5.74, 6) is -0.391. The molecule has 60 valence electrons. The first-order chi connectivity index (χ1) is 7.97. The Morgan fingerprint density at radius 3 is 3.27 bits per heavy atom. The maximum atomic E-state index is 7.58. The molecule has 1 aromatic heterocycles. The average molecular weight is 180 g/mol. The highest BCUT2D eigenvalue weighted by atomic mass is 35.5. The smallest absolute Gasteiger partial charge is 0.225 e. The number of hydrogen-bond acceptors (Lipinski definition) is 3. The standard InChI is InChI=1S/C7H9ClN2O/c1-5(2)11-6-3-4-9-7(8)10-6/h3-5H,1-2H3/i1D3,2D3,5D. The lowest BCUT2D eigenvalue weighted by atomic mass is 10.5. The molecular formula is C7H9ClN2O. The van der Waals surface area contributed by atoms with Crippen molar-refractivity contribution in [2.45, 2.75) is 19.8 Å². The minimum Gasteiger partial charge on any atom is -0.475 e. The summed E-state index contributed by atoms with van der Waals surface area (Å²) < 4.78 is 55.1. The van der Waals surface area contributed by atoms with E-state index in [4.69, 9.17) is 25.9 Å². The fraction of sp³-hybridized carbons (Fsp3) is 0.429. The minimum atomic E-state index is -3.18. The second kappa shape index (κ2) is 3.53. The van der Waals surface area contributed by atoms with Gasteiger partial charge in [-0.05, 0) is 25.3 Å². The van der Waals surface area contributed by atoms with Crippen molar-refractivity contribution in [3.63, 3.8) is 0 Å². The molecule has 0 bridgehead atoms. The Balaban J connectivity index is 3.16. The van der Waals surface area contributed by atoms with E-state index < -0.39 is 25.7 Å². The lowest BCUT2D eigenvalue weighted by Crippen LogP contribution is -2.06. The van der Waals surface area contributed by atoms with Crippen molar-refractivity contribution in [2.75, 3.05) is 0 Å². The molecule has 0 amide bonds. The van der Waals surface area contributed by atoms with Gasteiger partial charge in [0.25, 0.3) is 0 Å². The van der Waals surface area contributed by atoms with Gasteiger partial charge in [-0.3, -0.25) is 0 Å². The first-order valence-electron chi connectivity index (χ1n) is 6.15. The minimum absolute atomic E-state index is 0.245. The Hall–Kier alpha value is -0.830. The van der Waals surface area contributed by atoms with Crippen LogP contribution < -0.4 is 4.74 Å². The van der Waals surface area contributed by atoms with Gasteiger partial charge in [0.15, 0.2) is 0 Å². The second-order valence-corrected chi connectivity index (χ2v) is 1.93. The van der Waals surface area contributed by atoms with E-state index in [1.165, 1.54) is 0 Å². The third-order valence-electron chi connectivity index (χ3n) is 0.807. The molecule has 0 aliphatic heterocycles. The molecule has 0 saturated carbocycles. The molecule has 1 aromatic rings. The number of hydrogen-bond donors (Lipinski definition) is 0. The van der Waals surface area contributed by atoms with E-state index in [2.05, 4.69) is 9.97 Å². The van der Waals surface area contributed by atoms with Gasteiger partial charge in [-0.15, -0.1) is 0 Å². The molecule has 4 heteroatoms. The average Bonchev–Trinajstić information content (AvgIpc) is 2.13. The maximum Gasteiger partial charge on any atom is 0.225 e. The Morgan fingerprint density at radius 1 is 1.82 bits per heavy atom. The Bertz CT molecular complexity index is 419. The van der Waals surface area contributed by atoms with Crippen molar-refractivity contribution >= 4 is 11.6 Å². The Labute approximate surface area is 80.2 Å². The lowest BCUT2D eigenvalue weighted by Gasteiger charge is -2.06. The predicted octanol–water partition coefficient (Wildman–Crippen LogP) is 1.92. The first-order valence-corrected chi connectivity index (χ1v) is 3.03. The highest BCUT2D eigenvalue weighted by molar-refractivity contribution is 6.28. The summed E-state index contributed by atoms with van der Waals surface area (Å²) in [6.45, 7) is -6.37.